The molecule has 1 nitrogen and oxygen atoms in total. The Hall–Kier alpha value is -0.0400. The van der Waals surface area contributed by atoms with E-state index in [0.29, 0.717) is 17.9 Å². The van der Waals surface area contributed by atoms with Gasteiger partial charge in [0.25, 0.3) is 0 Å². The first-order valence-electron chi connectivity index (χ1n) is 5.84. The molecule has 2 unspecified atom stereocenters. The average molecular weight is 184 g/mol. The van der Waals surface area contributed by atoms with Gasteiger partial charge in [-0.05, 0) is 24.2 Å². The van der Waals surface area contributed by atoms with Gasteiger partial charge in [-0.1, -0.05) is 46.0 Å². The number of aliphatic hydroxyl groups is 1. The van der Waals surface area contributed by atoms with E-state index in [1.165, 1.54) is 44.9 Å². The highest BCUT2D eigenvalue weighted by molar-refractivity contribution is 4.97. The number of hydrogen-bond donors (Lipinski definition) is 1. The van der Waals surface area contributed by atoms with Crippen molar-refractivity contribution in [3.8, 4) is 0 Å². The molecule has 0 radical (unpaired) electrons. The maximum absolute atomic E-state index is 8.98. The summed E-state index contributed by atoms with van der Waals surface area (Å²) in [5.74, 6) is 0.624. The second-order valence-electron chi connectivity index (χ2n) is 4.90. The van der Waals surface area contributed by atoms with Crippen LogP contribution in [0, 0.1) is 11.3 Å². The van der Waals surface area contributed by atoms with Crippen LogP contribution in [-0.4, -0.2) is 11.7 Å². The Morgan fingerprint density at radius 2 is 1.92 bits per heavy atom. The zero-order chi connectivity index (χ0) is 9.73. The number of rotatable bonds is 7. The second-order valence-corrected chi connectivity index (χ2v) is 4.90. The molecule has 13 heavy (non-hydrogen) atoms. The molecule has 0 aromatic rings. The van der Waals surface area contributed by atoms with Gasteiger partial charge in [-0.2, -0.15) is 0 Å². The highest BCUT2D eigenvalue weighted by atomic mass is 16.3. The van der Waals surface area contributed by atoms with E-state index in [1.54, 1.807) is 0 Å². The van der Waals surface area contributed by atoms with Gasteiger partial charge in [-0.25, -0.2) is 0 Å². The highest BCUT2D eigenvalue weighted by Gasteiger charge is 2.48. The van der Waals surface area contributed by atoms with Gasteiger partial charge in [0.05, 0.1) is 0 Å². The largest absolute Gasteiger partial charge is 0.396 e. The van der Waals surface area contributed by atoms with Gasteiger partial charge in [0.15, 0.2) is 0 Å². The fourth-order valence-electron chi connectivity index (χ4n) is 2.23. The first-order chi connectivity index (χ1) is 6.23. The fourth-order valence-corrected chi connectivity index (χ4v) is 2.23. The van der Waals surface area contributed by atoms with Gasteiger partial charge >= 0.3 is 0 Å². The molecule has 0 amide bonds. The molecule has 1 rings (SSSR count). The molecule has 1 aliphatic rings. The molecule has 1 fully saturated rings. The zero-order valence-corrected chi connectivity index (χ0v) is 9.18. The van der Waals surface area contributed by atoms with E-state index in [0.717, 1.165) is 0 Å². The van der Waals surface area contributed by atoms with Crippen molar-refractivity contribution in [3.05, 3.63) is 0 Å². The van der Waals surface area contributed by atoms with Gasteiger partial charge in [0, 0.05) is 6.61 Å². The van der Waals surface area contributed by atoms with Crippen LogP contribution in [0.15, 0.2) is 0 Å². The van der Waals surface area contributed by atoms with Gasteiger partial charge in [0.1, 0.15) is 0 Å². The lowest BCUT2D eigenvalue weighted by molar-refractivity contribution is 0.248. The molecule has 0 aromatic carbocycles. The Bertz CT molecular complexity index is 144. The number of aliphatic hydroxyl groups excluding tert-OH is 1. The van der Waals surface area contributed by atoms with Crippen molar-refractivity contribution in [1.29, 1.82) is 0 Å². The molecule has 1 N–H and O–H groups in total. The van der Waals surface area contributed by atoms with Crippen LogP contribution in [0.2, 0.25) is 0 Å². The Morgan fingerprint density at radius 3 is 2.46 bits per heavy atom. The standard InChI is InChI=1S/C12H24O/c1-3-4-5-6-7-8-12(2)9-11(12)10-13/h11,13H,3-10H2,1-2H3. The first-order valence-corrected chi connectivity index (χ1v) is 5.84. The monoisotopic (exact) mass is 184 g/mol. The van der Waals surface area contributed by atoms with Crippen LogP contribution in [0.1, 0.15) is 58.8 Å². The lowest BCUT2D eigenvalue weighted by Crippen LogP contribution is -2.00. The van der Waals surface area contributed by atoms with E-state index >= 15 is 0 Å². The van der Waals surface area contributed by atoms with Crippen molar-refractivity contribution < 1.29 is 5.11 Å². The number of hydrogen-bond acceptors (Lipinski definition) is 1. The Balaban J connectivity index is 1.95. The lowest BCUT2D eigenvalue weighted by Gasteiger charge is -2.09. The summed E-state index contributed by atoms with van der Waals surface area (Å²) < 4.78 is 0. The van der Waals surface area contributed by atoms with Gasteiger partial charge in [0.2, 0.25) is 0 Å². The Labute approximate surface area is 82.5 Å². The summed E-state index contributed by atoms with van der Waals surface area (Å²) in [6.45, 7) is 4.99. The fraction of sp³-hybridized carbons (Fsp3) is 1.00. The molecule has 1 heteroatoms. The average Bonchev–Trinajstić information content (AvgIpc) is 2.77. The maximum Gasteiger partial charge on any atom is 0.0464 e. The third kappa shape index (κ3) is 3.30. The van der Waals surface area contributed by atoms with Crippen molar-refractivity contribution in [2.45, 2.75) is 58.8 Å². The SMILES string of the molecule is CCCCCCCC1(C)CC1CO. The van der Waals surface area contributed by atoms with E-state index in [1.807, 2.05) is 0 Å². The second kappa shape index (κ2) is 4.99. The molecular weight excluding hydrogens is 160 g/mol. The minimum absolute atomic E-state index is 0.408. The van der Waals surface area contributed by atoms with Crippen molar-refractivity contribution in [3.63, 3.8) is 0 Å². The zero-order valence-electron chi connectivity index (χ0n) is 9.18. The summed E-state index contributed by atoms with van der Waals surface area (Å²) in [4.78, 5) is 0. The summed E-state index contributed by atoms with van der Waals surface area (Å²) in [6.07, 6.45) is 9.47. The minimum Gasteiger partial charge on any atom is -0.396 e. The normalized spacial score (nSPS) is 32.1. The van der Waals surface area contributed by atoms with Crippen LogP contribution in [0.5, 0.6) is 0 Å². The summed E-state index contributed by atoms with van der Waals surface area (Å²) in [7, 11) is 0. The minimum atomic E-state index is 0.408. The topological polar surface area (TPSA) is 20.2 Å². The molecule has 0 bridgehead atoms. The van der Waals surface area contributed by atoms with Gasteiger partial charge in [-0.15, -0.1) is 0 Å². The lowest BCUT2D eigenvalue weighted by atomic mass is 9.97. The molecule has 0 heterocycles. The van der Waals surface area contributed by atoms with Crippen LogP contribution >= 0.6 is 0 Å². The summed E-state index contributed by atoms with van der Waals surface area (Å²) in [5, 5.41) is 8.98. The predicted molar refractivity (Wildman–Crippen MR) is 56.7 cm³/mol. The van der Waals surface area contributed by atoms with Crippen molar-refractivity contribution in [2.24, 2.45) is 11.3 Å². The highest BCUT2D eigenvalue weighted by Crippen LogP contribution is 2.55. The maximum atomic E-state index is 8.98. The third-order valence-electron chi connectivity index (χ3n) is 3.61. The van der Waals surface area contributed by atoms with Crippen molar-refractivity contribution in [2.75, 3.05) is 6.61 Å². The quantitative estimate of drug-likeness (QED) is 0.601. The van der Waals surface area contributed by atoms with Crippen LogP contribution in [-0.2, 0) is 0 Å². The summed E-state index contributed by atoms with van der Waals surface area (Å²) in [6, 6.07) is 0. The first kappa shape index (κ1) is 11.0. The molecule has 1 saturated carbocycles. The van der Waals surface area contributed by atoms with Crippen LogP contribution in [0.3, 0.4) is 0 Å². The van der Waals surface area contributed by atoms with E-state index in [2.05, 4.69) is 13.8 Å². The van der Waals surface area contributed by atoms with E-state index in [4.69, 9.17) is 5.11 Å². The smallest absolute Gasteiger partial charge is 0.0464 e. The van der Waals surface area contributed by atoms with Gasteiger partial charge < -0.3 is 5.11 Å². The molecule has 1 aliphatic carbocycles. The van der Waals surface area contributed by atoms with E-state index in [-0.39, 0.29) is 0 Å². The molecule has 78 valence electrons. The Kier molecular flexibility index (Phi) is 4.24. The van der Waals surface area contributed by atoms with Gasteiger partial charge in [-0.3, -0.25) is 0 Å². The summed E-state index contributed by atoms with van der Waals surface area (Å²) in [5.41, 5.74) is 0.515. The predicted octanol–water partition coefficient (Wildman–Crippen LogP) is 3.37. The summed E-state index contributed by atoms with van der Waals surface area (Å²) >= 11 is 0. The molecule has 2 atom stereocenters. The van der Waals surface area contributed by atoms with Crippen LogP contribution in [0.25, 0.3) is 0 Å². The molecule has 0 spiro atoms. The Morgan fingerprint density at radius 1 is 1.23 bits per heavy atom. The third-order valence-corrected chi connectivity index (χ3v) is 3.61. The van der Waals surface area contributed by atoms with Crippen molar-refractivity contribution in [1.82, 2.24) is 0 Å². The molecule has 0 saturated heterocycles. The van der Waals surface area contributed by atoms with Crippen LogP contribution < -0.4 is 0 Å². The molecule has 0 aliphatic heterocycles. The van der Waals surface area contributed by atoms with E-state index < -0.39 is 0 Å². The number of unbranched alkanes of at least 4 members (excludes halogenated alkanes) is 4. The molecular formula is C12H24O. The molecule has 0 aromatic heterocycles. The van der Waals surface area contributed by atoms with E-state index in [9.17, 15) is 0 Å². The van der Waals surface area contributed by atoms with Crippen LogP contribution in [0.4, 0.5) is 0 Å². The van der Waals surface area contributed by atoms with Crippen molar-refractivity contribution >= 4 is 0 Å².